The van der Waals surface area contributed by atoms with Gasteiger partial charge in [-0.2, -0.15) is 0 Å². The smallest absolute Gasteiger partial charge is 0.254 e. The number of amides is 1. The average molecular weight is 390 g/mol. The molecule has 0 unspecified atom stereocenters. The molecule has 1 aliphatic heterocycles. The summed E-state index contributed by atoms with van der Waals surface area (Å²) in [6.07, 6.45) is 3.29. The quantitative estimate of drug-likeness (QED) is 0.634. The minimum atomic E-state index is 0.0810. The Kier molecular flexibility index (Phi) is 5.38. The van der Waals surface area contributed by atoms with Crippen LogP contribution in [0.4, 0.5) is 0 Å². The summed E-state index contributed by atoms with van der Waals surface area (Å²) in [7, 11) is 3.23. The zero-order valence-electron chi connectivity index (χ0n) is 17.1. The first-order chi connectivity index (χ1) is 14.1. The van der Waals surface area contributed by atoms with Crippen molar-refractivity contribution < 1.29 is 14.3 Å². The molecular formula is C24H26N2O3. The van der Waals surface area contributed by atoms with Crippen molar-refractivity contribution in [3.05, 3.63) is 54.1 Å². The molecule has 0 saturated carbocycles. The third-order valence-corrected chi connectivity index (χ3v) is 5.69. The Morgan fingerprint density at radius 1 is 1.03 bits per heavy atom. The molecular weight excluding hydrogens is 364 g/mol. The van der Waals surface area contributed by atoms with Crippen molar-refractivity contribution in [1.29, 1.82) is 0 Å². The number of nitrogens with zero attached hydrogens (tertiary/aromatic N) is 2. The van der Waals surface area contributed by atoms with Crippen LogP contribution in [0, 0.1) is 0 Å². The Morgan fingerprint density at radius 3 is 2.59 bits per heavy atom. The maximum atomic E-state index is 13.5. The lowest BCUT2D eigenvalue weighted by Gasteiger charge is -2.33. The Morgan fingerprint density at radius 2 is 1.83 bits per heavy atom. The van der Waals surface area contributed by atoms with E-state index in [-0.39, 0.29) is 11.9 Å². The number of methoxy groups -OCH3 is 2. The average Bonchev–Trinajstić information content (AvgIpc) is 2.77. The van der Waals surface area contributed by atoms with Crippen LogP contribution in [0.15, 0.2) is 48.5 Å². The molecule has 2 heterocycles. The highest BCUT2D eigenvalue weighted by atomic mass is 16.5. The lowest BCUT2D eigenvalue weighted by atomic mass is 9.99. The third kappa shape index (κ3) is 3.65. The molecule has 4 rings (SSSR count). The lowest BCUT2D eigenvalue weighted by Crippen LogP contribution is -2.42. The van der Waals surface area contributed by atoms with Gasteiger partial charge in [-0.15, -0.1) is 0 Å². The van der Waals surface area contributed by atoms with Gasteiger partial charge in [0.05, 0.1) is 31.0 Å². The summed E-state index contributed by atoms with van der Waals surface area (Å²) in [4.78, 5) is 20.3. The van der Waals surface area contributed by atoms with Crippen molar-refractivity contribution in [3.63, 3.8) is 0 Å². The highest BCUT2D eigenvalue weighted by Gasteiger charge is 2.26. The summed E-state index contributed by atoms with van der Waals surface area (Å²) in [6, 6.07) is 15.7. The molecule has 2 aromatic carbocycles. The van der Waals surface area contributed by atoms with Crippen LogP contribution in [0.3, 0.4) is 0 Å². The summed E-state index contributed by atoms with van der Waals surface area (Å²) in [5.74, 6) is 1.38. The van der Waals surface area contributed by atoms with Crippen LogP contribution in [0.2, 0.25) is 0 Å². The number of piperidine rings is 1. The monoisotopic (exact) mass is 390 g/mol. The second kappa shape index (κ2) is 8.11. The SMILES string of the molecule is COc1ccc(-c2cc(C(=O)N3CCCC[C@@H]3C)c3ccccc3n2)cc1OC. The fourth-order valence-corrected chi connectivity index (χ4v) is 4.05. The van der Waals surface area contributed by atoms with Crippen LogP contribution in [-0.4, -0.2) is 42.6 Å². The molecule has 1 aromatic heterocycles. The van der Waals surface area contributed by atoms with E-state index in [0.717, 1.165) is 41.5 Å². The summed E-state index contributed by atoms with van der Waals surface area (Å²) < 4.78 is 10.8. The number of rotatable bonds is 4. The highest BCUT2D eigenvalue weighted by Crippen LogP contribution is 2.33. The molecule has 3 aromatic rings. The van der Waals surface area contributed by atoms with E-state index in [9.17, 15) is 4.79 Å². The molecule has 1 fully saturated rings. The number of carbonyl (C=O) groups excluding carboxylic acids is 1. The van der Waals surface area contributed by atoms with Crippen molar-refractivity contribution in [1.82, 2.24) is 9.88 Å². The number of aromatic nitrogens is 1. The van der Waals surface area contributed by atoms with E-state index < -0.39 is 0 Å². The van der Waals surface area contributed by atoms with Crippen LogP contribution in [0.1, 0.15) is 36.5 Å². The molecule has 5 nitrogen and oxygen atoms in total. The molecule has 1 saturated heterocycles. The predicted molar refractivity (Wildman–Crippen MR) is 115 cm³/mol. The Labute approximate surface area is 171 Å². The zero-order chi connectivity index (χ0) is 20.4. The van der Waals surface area contributed by atoms with Crippen LogP contribution in [0.25, 0.3) is 22.2 Å². The second-order valence-electron chi connectivity index (χ2n) is 7.49. The fraction of sp³-hybridized carbons (Fsp3) is 0.333. The van der Waals surface area contributed by atoms with Crippen LogP contribution in [0.5, 0.6) is 11.5 Å². The van der Waals surface area contributed by atoms with Gasteiger partial charge in [-0.1, -0.05) is 18.2 Å². The van der Waals surface area contributed by atoms with Gasteiger partial charge in [0.1, 0.15) is 0 Å². The minimum Gasteiger partial charge on any atom is -0.493 e. The summed E-state index contributed by atoms with van der Waals surface area (Å²) >= 11 is 0. The molecule has 1 atom stereocenters. The van der Waals surface area contributed by atoms with E-state index in [1.165, 1.54) is 6.42 Å². The van der Waals surface area contributed by atoms with Crippen LogP contribution in [-0.2, 0) is 0 Å². The minimum absolute atomic E-state index is 0.0810. The number of hydrogen-bond donors (Lipinski definition) is 0. The Bertz CT molecular complexity index is 1050. The number of carbonyl (C=O) groups is 1. The van der Waals surface area contributed by atoms with Gasteiger partial charge < -0.3 is 14.4 Å². The van der Waals surface area contributed by atoms with Crippen molar-refractivity contribution in [2.24, 2.45) is 0 Å². The maximum absolute atomic E-state index is 13.5. The summed E-state index contributed by atoms with van der Waals surface area (Å²) in [5, 5.41) is 0.888. The summed E-state index contributed by atoms with van der Waals surface area (Å²) in [5.41, 5.74) is 3.15. The first-order valence-electron chi connectivity index (χ1n) is 10.1. The molecule has 5 heteroatoms. The van der Waals surface area contributed by atoms with Gasteiger partial charge in [0.15, 0.2) is 11.5 Å². The molecule has 1 amide bonds. The molecule has 0 aliphatic carbocycles. The second-order valence-corrected chi connectivity index (χ2v) is 7.49. The number of benzene rings is 2. The number of pyridine rings is 1. The van der Waals surface area contributed by atoms with E-state index in [1.54, 1.807) is 14.2 Å². The zero-order valence-corrected chi connectivity index (χ0v) is 17.1. The van der Waals surface area contributed by atoms with Gasteiger partial charge >= 0.3 is 0 Å². The first kappa shape index (κ1) is 19.2. The van der Waals surface area contributed by atoms with Gasteiger partial charge in [-0.25, -0.2) is 4.98 Å². The standard InChI is InChI=1S/C24H26N2O3/c1-16-8-6-7-13-26(16)24(27)19-15-21(25-20-10-5-4-9-18(19)20)17-11-12-22(28-2)23(14-17)29-3/h4-5,9-12,14-16H,6-8,13H2,1-3H3/t16-/m0/s1. The number of likely N-dealkylation sites (tertiary alicyclic amines) is 1. The third-order valence-electron chi connectivity index (χ3n) is 5.69. The van der Waals surface area contributed by atoms with Crippen LogP contribution >= 0.6 is 0 Å². The Balaban J connectivity index is 1.84. The number of ether oxygens (including phenoxy) is 2. The predicted octanol–water partition coefficient (Wildman–Crippen LogP) is 4.93. The van der Waals surface area contributed by atoms with E-state index >= 15 is 0 Å². The van der Waals surface area contributed by atoms with Gasteiger partial charge in [0, 0.05) is 23.5 Å². The largest absolute Gasteiger partial charge is 0.493 e. The molecule has 1 aliphatic rings. The van der Waals surface area contributed by atoms with Crippen molar-refractivity contribution in [2.45, 2.75) is 32.2 Å². The molecule has 0 radical (unpaired) electrons. The van der Waals surface area contributed by atoms with E-state index in [2.05, 4.69) is 6.92 Å². The van der Waals surface area contributed by atoms with Crippen molar-refractivity contribution >= 4 is 16.8 Å². The van der Waals surface area contributed by atoms with Crippen molar-refractivity contribution in [2.75, 3.05) is 20.8 Å². The Hall–Kier alpha value is -3.08. The van der Waals surface area contributed by atoms with Gasteiger partial charge in [0.2, 0.25) is 0 Å². The molecule has 0 spiro atoms. The first-order valence-corrected chi connectivity index (χ1v) is 10.1. The molecule has 29 heavy (non-hydrogen) atoms. The van der Waals surface area contributed by atoms with Crippen LogP contribution < -0.4 is 9.47 Å². The number of hydrogen-bond acceptors (Lipinski definition) is 4. The maximum Gasteiger partial charge on any atom is 0.254 e. The normalized spacial score (nSPS) is 16.7. The molecule has 150 valence electrons. The number of para-hydroxylation sites is 1. The molecule has 0 N–H and O–H groups in total. The van der Waals surface area contributed by atoms with Gasteiger partial charge in [0.25, 0.3) is 5.91 Å². The van der Waals surface area contributed by atoms with Gasteiger partial charge in [-0.3, -0.25) is 4.79 Å². The summed E-state index contributed by atoms with van der Waals surface area (Å²) in [6.45, 7) is 2.94. The highest BCUT2D eigenvalue weighted by molar-refractivity contribution is 6.07. The van der Waals surface area contributed by atoms with Gasteiger partial charge in [-0.05, 0) is 56.5 Å². The topological polar surface area (TPSA) is 51.7 Å². The van der Waals surface area contributed by atoms with E-state index in [1.807, 2.05) is 53.4 Å². The fourth-order valence-electron chi connectivity index (χ4n) is 4.05. The molecule has 0 bridgehead atoms. The number of fused-ring (bicyclic) bond motifs is 1. The van der Waals surface area contributed by atoms with E-state index in [4.69, 9.17) is 14.5 Å². The van der Waals surface area contributed by atoms with E-state index in [0.29, 0.717) is 17.1 Å². The van der Waals surface area contributed by atoms with Crippen molar-refractivity contribution in [3.8, 4) is 22.8 Å². The lowest BCUT2D eigenvalue weighted by molar-refractivity contribution is 0.0637.